The van der Waals surface area contributed by atoms with Gasteiger partial charge in [-0.05, 0) is 34.9 Å². The van der Waals surface area contributed by atoms with E-state index < -0.39 is 0 Å². The van der Waals surface area contributed by atoms with Crippen molar-refractivity contribution in [3.63, 3.8) is 0 Å². The Morgan fingerprint density at radius 1 is 1.24 bits per heavy atom. The van der Waals surface area contributed by atoms with Crippen LogP contribution in [0.1, 0.15) is 43.2 Å². The molecule has 1 saturated carbocycles. The summed E-state index contributed by atoms with van der Waals surface area (Å²) < 4.78 is 2.06. The van der Waals surface area contributed by atoms with Crippen LogP contribution < -0.4 is 0 Å². The van der Waals surface area contributed by atoms with Crippen molar-refractivity contribution in [2.24, 2.45) is 0 Å². The van der Waals surface area contributed by atoms with Crippen LogP contribution in [0.4, 0.5) is 0 Å². The maximum atomic E-state index is 4.24. The third-order valence-corrected chi connectivity index (χ3v) is 6.69. The summed E-state index contributed by atoms with van der Waals surface area (Å²) in [4.78, 5) is 1.44. The zero-order valence-corrected chi connectivity index (χ0v) is 13.4. The molecule has 2 aliphatic rings. The molecule has 2 aromatic rings. The van der Waals surface area contributed by atoms with Crippen molar-refractivity contribution < 1.29 is 0 Å². The third-order valence-electron chi connectivity index (χ3n) is 4.35. The Kier molecular flexibility index (Phi) is 3.90. The van der Waals surface area contributed by atoms with E-state index in [4.69, 9.17) is 0 Å². The van der Waals surface area contributed by atoms with Crippen molar-refractivity contribution in [2.75, 3.05) is 11.5 Å². The average Bonchev–Trinajstić information content (AvgIpc) is 3.25. The number of hydrogen-bond acceptors (Lipinski definition) is 5. The Balaban J connectivity index is 1.45. The molecule has 0 amide bonds. The van der Waals surface area contributed by atoms with E-state index in [1.54, 1.807) is 0 Å². The van der Waals surface area contributed by atoms with Crippen LogP contribution in [0.5, 0.6) is 0 Å². The molecule has 110 valence electrons. The molecule has 0 radical (unpaired) electrons. The van der Waals surface area contributed by atoms with Gasteiger partial charge in [-0.2, -0.15) is 0 Å². The molecule has 0 N–H and O–H groups in total. The van der Waals surface area contributed by atoms with Gasteiger partial charge in [0.2, 0.25) is 5.16 Å². The summed E-state index contributed by atoms with van der Waals surface area (Å²) in [5.41, 5.74) is 1.50. The zero-order valence-electron chi connectivity index (χ0n) is 11.8. The van der Waals surface area contributed by atoms with E-state index in [0.717, 1.165) is 10.9 Å². The first-order chi connectivity index (χ1) is 10.4. The summed E-state index contributed by atoms with van der Waals surface area (Å²) in [5, 5.41) is 13.3. The quantitative estimate of drug-likeness (QED) is 0.803. The summed E-state index contributed by atoms with van der Waals surface area (Å²) in [6, 6.07) is 9.29. The highest BCUT2D eigenvalue weighted by atomic mass is 32.2. The molecule has 6 heteroatoms. The minimum atomic E-state index is 0.521. The van der Waals surface area contributed by atoms with Crippen molar-refractivity contribution in [3.05, 3.63) is 29.8 Å². The molecule has 1 aromatic heterocycles. The number of benzene rings is 1. The Morgan fingerprint density at radius 3 is 3.00 bits per heavy atom. The summed E-state index contributed by atoms with van der Waals surface area (Å²) in [6.07, 6.45) is 5.06. The summed E-state index contributed by atoms with van der Waals surface area (Å²) >= 11 is 3.79. The molecular weight excluding hydrogens is 300 g/mol. The van der Waals surface area contributed by atoms with Gasteiger partial charge in [0.25, 0.3) is 0 Å². The standard InChI is InChI=1S/C15H18N4S2/c1-2-6-12(5-1)19-15(16-17-18-19)21-10-11-9-20-14-8-4-3-7-13(11)14/h3-4,7-8,11-12H,1-2,5-6,9-10H2. The number of nitrogens with zero attached hydrogens (tertiary/aromatic N) is 4. The van der Waals surface area contributed by atoms with Crippen LogP contribution in [0, 0.1) is 0 Å². The van der Waals surface area contributed by atoms with Crippen molar-refractivity contribution in [3.8, 4) is 0 Å². The SMILES string of the molecule is c1ccc2c(c1)SCC2CSc1nnnn1C1CCCC1. The molecule has 1 aliphatic heterocycles. The van der Waals surface area contributed by atoms with Crippen molar-refractivity contribution in [1.82, 2.24) is 20.2 Å². The van der Waals surface area contributed by atoms with E-state index in [9.17, 15) is 0 Å². The summed E-state index contributed by atoms with van der Waals surface area (Å²) in [6.45, 7) is 0. The van der Waals surface area contributed by atoms with Gasteiger partial charge in [-0.15, -0.1) is 16.9 Å². The van der Waals surface area contributed by atoms with Gasteiger partial charge in [-0.25, -0.2) is 4.68 Å². The molecule has 0 saturated heterocycles. The molecule has 0 spiro atoms. The van der Waals surface area contributed by atoms with E-state index >= 15 is 0 Å². The highest BCUT2D eigenvalue weighted by Gasteiger charge is 2.25. The van der Waals surface area contributed by atoms with Crippen LogP contribution in [0.25, 0.3) is 0 Å². The molecule has 1 aromatic carbocycles. The van der Waals surface area contributed by atoms with Crippen LogP contribution in [0.3, 0.4) is 0 Å². The Bertz CT molecular complexity index is 622. The normalized spacial score (nSPS) is 21.8. The highest BCUT2D eigenvalue weighted by molar-refractivity contribution is 8.00. The van der Waals surface area contributed by atoms with Gasteiger partial charge in [0.15, 0.2) is 0 Å². The Labute approximate surface area is 133 Å². The van der Waals surface area contributed by atoms with Crippen LogP contribution in [0.2, 0.25) is 0 Å². The molecule has 1 fully saturated rings. The van der Waals surface area contributed by atoms with E-state index in [1.807, 2.05) is 23.5 Å². The van der Waals surface area contributed by atoms with Crippen molar-refractivity contribution in [2.45, 2.75) is 47.7 Å². The van der Waals surface area contributed by atoms with Gasteiger partial charge < -0.3 is 0 Å². The molecule has 21 heavy (non-hydrogen) atoms. The number of thioether (sulfide) groups is 2. The zero-order chi connectivity index (χ0) is 14.1. The second kappa shape index (κ2) is 6.01. The topological polar surface area (TPSA) is 43.6 Å². The first-order valence-electron chi connectivity index (χ1n) is 7.54. The predicted octanol–water partition coefficient (Wildman–Crippen LogP) is 3.77. The van der Waals surface area contributed by atoms with Gasteiger partial charge in [-0.3, -0.25) is 0 Å². The lowest BCUT2D eigenvalue weighted by Gasteiger charge is -2.13. The number of rotatable bonds is 4. The van der Waals surface area contributed by atoms with Crippen LogP contribution >= 0.6 is 23.5 Å². The minimum Gasteiger partial charge on any atom is -0.217 e. The fraction of sp³-hybridized carbons (Fsp3) is 0.533. The largest absolute Gasteiger partial charge is 0.217 e. The van der Waals surface area contributed by atoms with Crippen molar-refractivity contribution in [1.29, 1.82) is 0 Å². The number of fused-ring (bicyclic) bond motifs is 1. The van der Waals surface area contributed by atoms with Gasteiger partial charge >= 0.3 is 0 Å². The monoisotopic (exact) mass is 318 g/mol. The van der Waals surface area contributed by atoms with E-state index in [2.05, 4.69) is 44.5 Å². The average molecular weight is 318 g/mol. The van der Waals surface area contributed by atoms with Gasteiger partial charge in [0.1, 0.15) is 0 Å². The molecule has 1 aliphatic carbocycles. The summed E-state index contributed by atoms with van der Waals surface area (Å²) in [5.74, 6) is 2.86. The molecular formula is C15H18N4S2. The van der Waals surface area contributed by atoms with Gasteiger partial charge in [-0.1, -0.05) is 42.8 Å². The Hall–Kier alpha value is -1.01. The Morgan fingerprint density at radius 2 is 2.10 bits per heavy atom. The molecule has 1 atom stereocenters. The first-order valence-corrected chi connectivity index (χ1v) is 9.51. The number of tetrazole rings is 1. The number of hydrogen-bond donors (Lipinski definition) is 0. The summed E-state index contributed by atoms with van der Waals surface area (Å²) in [7, 11) is 0. The van der Waals surface area contributed by atoms with E-state index in [1.165, 1.54) is 41.9 Å². The fourth-order valence-corrected chi connectivity index (χ4v) is 5.66. The molecule has 0 bridgehead atoms. The molecule has 2 heterocycles. The smallest absolute Gasteiger partial charge is 0.209 e. The maximum absolute atomic E-state index is 4.24. The van der Waals surface area contributed by atoms with E-state index in [0.29, 0.717) is 12.0 Å². The molecule has 4 nitrogen and oxygen atoms in total. The fourth-order valence-electron chi connectivity index (χ4n) is 3.20. The predicted molar refractivity (Wildman–Crippen MR) is 86.0 cm³/mol. The molecule has 4 rings (SSSR count). The minimum absolute atomic E-state index is 0.521. The van der Waals surface area contributed by atoms with Gasteiger partial charge in [0, 0.05) is 22.3 Å². The first kappa shape index (κ1) is 13.6. The maximum Gasteiger partial charge on any atom is 0.209 e. The second-order valence-electron chi connectivity index (χ2n) is 5.70. The number of aromatic nitrogens is 4. The lowest BCUT2D eigenvalue weighted by molar-refractivity contribution is 0.423. The lowest BCUT2D eigenvalue weighted by Crippen LogP contribution is -2.09. The third kappa shape index (κ3) is 2.71. The van der Waals surface area contributed by atoms with Crippen LogP contribution in [0.15, 0.2) is 34.3 Å². The molecule has 1 unspecified atom stereocenters. The van der Waals surface area contributed by atoms with Gasteiger partial charge in [0.05, 0.1) is 6.04 Å². The second-order valence-corrected chi connectivity index (χ2v) is 7.75. The highest BCUT2D eigenvalue weighted by Crippen LogP contribution is 2.42. The van der Waals surface area contributed by atoms with Crippen LogP contribution in [-0.2, 0) is 0 Å². The van der Waals surface area contributed by atoms with E-state index in [-0.39, 0.29) is 0 Å². The van der Waals surface area contributed by atoms with Crippen LogP contribution in [-0.4, -0.2) is 31.7 Å². The lowest BCUT2D eigenvalue weighted by atomic mass is 10.0. The van der Waals surface area contributed by atoms with Crippen molar-refractivity contribution >= 4 is 23.5 Å².